The summed E-state index contributed by atoms with van der Waals surface area (Å²) in [5.74, 6) is 0.766. The van der Waals surface area contributed by atoms with Crippen molar-refractivity contribution in [2.75, 3.05) is 11.9 Å². The lowest BCUT2D eigenvalue weighted by Gasteiger charge is -2.32. The van der Waals surface area contributed by atoms with Crippen LogP contribution in [-0.2, 0) is 4.79 Å². The second kappa shape index (κ2) is 4.00. The third-order valence-electron chi connectivity index (χ3n) is 2.84. The monoisotopic (exact) mass is 217 g/mol. The van der Waals surface area contributed by atoms with Crippen LogP contribution in [0.5, 0.6) is 5.75 Å². The predicted molar refractivity (Wildman–Crippen MR) is 64.7 cm³/mol. The van der Waals surface area contributed by atoms with Gasteiger partial charge in [-0.2, -0.15) is 0 Å². The summed E-state index contributed by atoms with van der Waals surface area (Å²) in [6, 6.07) is 5.71. The number of hydrogen-bond donors (Lipinski definition) is 0. The first-order valence-electron chi connectivity index (χ1n) is 5.38. The molecule has 0 aromatic heterocycles. The second-order valence-corrected chi connectivity index (χ2v) is 3.81. The summed E-state index contributed by atoms with van der Waals surface area (Å²) < 4.78 is 5.72. The number of carbonyl (C=O) groups excluding carboxylic acids is 1. The van der Waals surface area contributed by atoms with Crippen molar-refractivity contribution in [1.82, 2.24) is 0 Å². The van der Waals surface area contributed by atoms with Crippen LogP contribution in [0, 0.1) is 0 Å². The average molecular weight is 217 g/mol. The van der Waals surface area contributed by atoms with Crippen molar-refractivity contribution in [3.8, 4) is 5.75 Å². The molecule has 1 unspecified atom stereocenters. The van der Waals surface area contributed by atoms with Gasteiger partial charge in [-0.15, -0.1) is 0 Å². The van der Waals surface area contributed by atoms with Crippen molar-refractivity contribution in [3.63, 3.8) is 0 Å². The standard InChI is InChI=1S/C13H15NO2/c1-4-9-7-6-8-10-12(9)16-11(5-2)13(15)14(10)3/h4,6-8,11H,1,5H2,2-3H3. The number of ether oxygens (including phenoxy) is 1. The van der Waals surface area contributed by atoms with E-state index in [0.717, 1.165) is 17.0 Å². The molecule has 1 amide bonds. The highest BCUT2D eigenvalue weighted by Crippen LogP contribution is 2.37. The van der Waals surface area contributed by atoms with Gasteiger partial charge in [0, 0.05) is 12.6 Å². The van der Waals surface area contributed by atoms with Crippen LogP contribution in [0.25, 0.3) is 6.08 Å². The largest absolute Gasteiger partial charge is 0.478 e. The van der Waals surface area contributed by atoms with E-state index in [-0.39, 0.29) is 12.0 Å². The Bertz CT molecular complexity index is 440. The fourth-order valence-corrected chi connectivity index (χ4v) is 1.88. The molecule has 0 N–H and O–H groups in total. The Hall–Kier alpha value is -1.77. The molecule has 0 saturated heterocycles. The number of rotatable bonds is 2. The van der Waals surface area contributed by atoms with E-state index in [1.54, 1.807) is 18.0 Å². The number of benzene rings is 1. The number of para-hydroxylation sites is 1. The first-order chi connectivity index (χ1) is 7.69. The van der Waals surface area contributed by atoms with Gasteiger partial charge in [-0.25, -0.2) is 0 Å². The lowest BCUT2D eigenvalue weighted by Crippen LogP contribution is -2.43. The van der Waals surface area contributed by atoms with Gasteiger partial charge < -0.3 is 9.64 Å². The quantitative estimate of drug-likeness (QED) is 0.761. The first kappa shape index (κ1) is 10.7. The molecule has 1 heterocycles. The zero-order valence-electron chi connectivity index (χ0n) is 9.56. The smallest absolute Gasteiger partial charge is 0.267 e. The van der Waals surface area contributed by atoms with Crippen LogP contribution in [0.15, 0.2) is 24.8 Å². The van der Waals surface area contributed by atoms with Crippen molar-refractivity contribution < 1.29 is 9.53 Å². The fraction of sp³-hybridized carbons (Fsp3) is 0.308. The lowest BCUT2D eigenvalue weighted by atomic mass is 10.1. The van der Waals surface area contributed by atoms with Crippen LogP contribution in [0.3, 0.4) is 0 Å². The predicted octanol–water partition coefficient (Wildman–Crippen LogP) is 2.46. The van der Waals surface area contributed by atoms with Crippen LogP contribution in [0.1, 0.15) is 18.9 Å². The molecule has 0 bridgehead atoms. The van der Waals surface area contributed by atoms with Gasteiger partial charge in [-0.1, -0.05) is 31.7 Å². The minimum atomic E-state index is -0.376. The van der Waals surface area contributed by atoms with E-state index in [0.29, 0.717) is 6.42 Å². The fourth-order valence-electron chi connectivity index (χ4n) is 1.88. The van der Waals surface area contributed by atoms with Gasteiger partial charge in [-0.3, -0.25) is 4.79 Å². The minimum Gasteiger partial charge on any atom is -0.478 e. The molecule has 1 aromatic rings. The van der Waals surface area contributed by atoms with Crippen molar-refractivity contribution >= 4 is 17.7 Å². The summed E-state index contributed by atoms with van der Waals surface area (Å²) in [6.07, 6.45) is 2.04. The summed E-state index contributed by atoms with van der Waals surface area (Å²) in [5, 5.41) is 0. The molecule has 84 valence electrons. The molecular formula is C13H15NO2. The van der Waals surface area contributed by atoms with E-state index in [9.17, 15) is 4.79 Å². The number of nitrogens with zero attached hydrogens (tertiary/aromatic N) is 1. The molecule has 1 aliphatic rings. The van der Waals surface area contributed by atoms with Gasteiger partial charge in [0.2, 0.25) is 0 Å². The Kier molecular flexibility index (Phi) is 2.69. The van der Waals surface area contributed by atoms with Crippen molar-refractivity contribution in [3.05, 3.63) is 30.3 Å². The van der Waals surface area contributed by atoms with Crippen molar-refractivity contribution in [2.45, 2.75) is 19.4 Å². The van der Waals surface area contributed by atoms with Crippen LogP contribution < -0.4 is 9.64 Å². The highest BCUT2D eigenvalue weighted by molar-refractivity contribution is 6.00. The molecule has 1 aromatic carbocycles. The Balaban J connectivity index is 2.53. The van der Waals surface area contributed by atoms with Crippen molar-refractivity contribution in [2.24, 2.45) is 0 Å². The molecule has 1 aliphatic heterocycles. The van der Waals surface area contributed by atoms with Gasteiger partial charge in [0.15, 0.2) is 11.9 Å². The third-order valence-corrected chi connectivity index (χ3v) is 2.84. The Morgan fingerprint density at radius 2 is 2.31 bits per heavy atom. The second-order valence-electron chi connectivity index (χ2n) is 3.81. The maximum atomic E-state index is 11.9. The van der Waals surface area contributed by atoms with Crippen LogP contribution >= 0.6 is 0 Å². The number of amides is 1. The number of likely N-dealkylation sites (N-methyl/N-ethyl adjacent to an activating group) is 1. The number of anilines is 1. The molecule has 0 radical (unpaired) electrons. The highest BCUT2D eigenvalue weighted by atomic mass is 16.5. The normalized spacial score (nSPS) is 19.0. The zero-order chi connectivity index (χ0) is 11.7. The van der Waals surface area contributed by atoms with Gasteiger partial charge in [0.05, 0.1) is 5.69 Å². The van der Waals surface area contributed by atoms with E-state index in [2.05, 4.69) is 6.58 Å². The molecule has 1 atom stereocenters. The van der Waals surface area contributed by atoms with Crippen molar-refractivity contribution in [1.29, 1.82) is 0 Å². The molecule has 0 spiro atoms. The summed E-state index contributed by atoms with van der Waals surface area (Å²) in [4.78, 5) is 13.5. The SMILES string of the molecule is C=Cc1cccc2c1OC(CC)C(=O)N2C. The van der Waals surface area contributed by atoms with E-state index in [1.165, 1.54) is 0 Å². The van der Waals surface area contributed by atoms with Crippen LogP contribution in [0.4, 0.5) is 5.69 Å². The molecule has 16 heavy (non-hydrogen) atoms. The van der Waals surface area contributed by atoms with Crippen LogP contribution in [-0.4, -0.2) is 19.1 Å². The van der Waals surface area contributed by atoms with Gasteiger partial charge in [0.1, 0.15) is 0 Å². The van der Waals surface area contributed by atoms with Gasteiger partial charge in [0.25, 0.3) is 5.91 Å². The molecule has 3 heteroatoms. The van der Waals surface area contributed by atoms with E-state index >= 15 is 0 Å². The van der Waals surface area contributed by atoms with Gasteiger partial charge >= 0.3 is 0 Å². The van der Waals surface area contributed by atoms with Crippen LogP contribution in [0.2, 0.25) is 0 Å². The summed E-state index contributed by atoms with van der Waals surface area (Å²) in [7, 11) is 1.78. The summed E-state index contributed by atoms with van der Waals surface area (Å²) >= 11 is 0. The Morgan fingerprint density at radius 1 is 1.56 bits per heavy atom. The minimum absolute atomic E-state index is 0.0104. The maximum Gasteiger partial charge on any atom is 0.267 e. The molecule has 0 saturated carbocycles. The lowest BCUT2D eigenvalue weighted by molar-refractivity contribution is -0.126. The van der Waals surface area contributed by atoms with Gasteiger partial charge in [-0.05, 0) is 12.5 Å². The van der Waals surface area contributed by atoms with E-state index < -0.39 is 0 Å². The first-order valence-corrected chi connectivity index (χ1v) is 5.38. The van der Waals surface area contributed by atoms with E-state index in [1.807, 2.05) is 25.1 Å². The molecule has 0 aliphatic carbocycles. The Morgan fingerprint density at radius 3 is 2.94 bits per heavy atom. The summed E-state index contributed by atoms with van der Waals surface area (Å²) in [5.41, 5.74) is 1.74. The number of fused-ring (bicyclic) bond motifs is 1. The summed E-state index contributed by atoms with van der Waals surface area (Å²) in [6.45, 7) is 5.69. The topological polar surface area (TPSA) is 29.5 Å². The van der Waals surface area contributed by atoms with E-state index in [4.69, 9.17) is 4.74 Å². The third kappa shape index (κ3) is 1.48. The highest BCUT2D eigenvalue weighted by Gasteiger charge is 2.31. The molecule has 0 fully saturated rings. The molecular weight excluding hydrogens is 202 g/mol. The maximum absolute atomic E-state index is 11.9. The average Bonchev–Trinajstić information content (AvgIpc) is 2.33. The zero-order valence-corrected chi connectivity index (χ0v) is 9.56. The molecule has 3 nitrogen and oxygen atoms in total. The Labute approximate surface area is 95.3 Å². The number of carbonyl (C=O) groups is 1. The molecule has 2 rings (SSSR count). The number of hydrogen-bond acceptors (Lipinski definition) is 2.